The van der Waals surface area contributed by atoms with Gasteiger partial charge in [0.25, 0.3) is 0 Å². The quantitative estimate of drug-likeness (QED) is 0.296. The minimum atomic E-state index is -0.371. The summed E-state index contributed by atoms with van der Waals surface area (Å²) in [4.78, 5) is 0. The Morgan fingerprint density at radius 3 is 1.79 bits per heavy atom. The van der Waals surface area contributed by atoms with Crippen LogP contribution in [-0.2, 0) is 10.7 Å². The van der Waals surface area contributed by atoms with Gasteiger partial charge in [-0.3, -0.25) is 0 Å². The van der Waals surface area contributed by atoms with Gasteiger partial charge in [0.1, 0.15) is 5.82 Å². The number of alkyl halides is 1. The third-order valence-corrected chi connectivity index (χ3v) is 6.60. The van der Waals surface area contributed by atoms with E-state index in [0.29, 0.717) is 0 Å². The van der Waals surface area contributed by atoms with Gasteiger partial charge >= 0.3 is 0 Å². The molecule has 3 aromatic carbocycles. The molecule has 1 N–H and O–H groups in total. The molecule has 6 heteroatoms. The maximum Gasteiger partial charge on any atom is 0.148 e. The van der Waals surface area contributed by atoms with E-state index in [1.54, 1.807) is 0 Å². The number of nitrogens with zero attached hydrogens (tertiary/aromatic N) is 3. The van der Waals surface area contributed by atoms with Crippen molar-refractivity contribution in [2.75, 3.05) is 0 Å². The summed E-state index contributed by atoms with van der Waals surface area (Å²) in [5, 5.41) is 14.4. The minimum Gasteiger partial charge on any atom is -0.243 e. The van der Waals surface area contributed by atoms with Crippen LogP contribution in [0, 0.1) is 0 Å². The largest absolute Gasteiger partial charge is 0.243 e. The predicted octanol–water partition coefficient (Wildman–Crippen LogP) is 5.31. The maximum absolute atomic E-state index is 4.21. The molecule has 0 aliphatic rings. The monoisotopic (exact) mass is 466 g/mol. The second-order valence-corrected chi connectivity index (χ2v) is 8.04. The average Bonchev–Trinajstić information content (AvgIpc) is 3.29. The van der Waals surface area contributed by atoms with Gasteiger partial charge in [0.2, 0.25) is 0 Å². The molecule has 1 heterocycles. The van der Waals surface area contributed by atoms with Gasteiger partial charge in [0.05, 0.1) is 4.32 Å². The summed E-state index contributed by atoms with van der Waals surface area (Å²) in [5.74, 6) is 0.987. The second kappa shape index (κ2) is 9.91. The zero-order chi connectivity index (χ0) is 19.2. The number of aromatic nitrogens is 4. The lowest BCUT2D eigenvalue weighted by molar-refractivity contribution is 0.522. The lowest BCUT2D eigenvalue weighted by atomic mass is 9.75. The van der Waals surface area contributed by atoms with E-state index in [0.717, 1.165) is 18.7 Å². The van der Waals surface area contributed by atoms with Crippen LogP contribution >= 0.6 is 25.8 Å². The van der Waals surface area contributed by atoms with Crippen molar-refractivity contribution in [2.45, 2.75) is 23.1 Å². The Kier molecular flexibility index (Phi) is 7.29. The van der Waals surface area contributed by atoms with Crippen molar-refractivity contribution < 1.29 is 0 Å². The van der Waals surface area contributed by atoms with Crippen molar-refractivity contribution in [1.29, 1.82) is 0 Å². The molecule has 0 spiro atoms. The summed E-state index contributed by atoms with van der Waals surface area (Å²) in [6.45, 7) is 0. The van der Waals surface area contributed by atoms with Crippen molar-refractivity contribution in [3.05, 3.63) is 114 Å². The van der Waals surface area contributed by atoms with E-state index in [-0.39, 0.29) is 20.1 Å². The maximum atomic E-state index is 4.21. The summed E-state index contributed by atoms with van der Waals surface area (Å²) in [7, 11) is 0. The molecule has 148 valence electrons. The summed E-state index contributed by atoms with van der Waals surface area (Å²) < 4.78 is -0.371. The van der Waals surface area contributed by atoms with Crippen molar-refractivity contribution in [2.24, 2.45) is 0 Å². The van der Waals surface area contributed by atoms with Gasteiger partial charge in [-0.15, -0.1) is 5.10 Å². The Morgan fingerprint density at radius 1 is 0.793 bits per heavy atom. The van der Waals surface area contributed by atoms with Crippen molar-refractivity contribution in [3.8, 4) is 0 Å². The van der Waals surface area contributed by atoms with Gasteiger partial charge in [-0.1, -0.05) is 107 Å². The van der Waals surface area contributed by atoms with Gasteiger partial charge in [-0.05, 0) is 33.5 Å². The average molecular weight is 467 g/mol. The van der Waals surface area contributed by atoms with Crippen LogP contribution in [-0.4, -0.2) is 20.6 Å². The fourth-order valence-electron chi connectivity index (χ4n) is 3.78. The van der Waals surface area contributed by atoms with Crippen LogP contribution in [0.2, 0.25) is 0 Å². The molecule has 0 saturated heterocycles. The molecule has 29 heavy (non-hydrogen) atoms. The van der Waals surface area contributed by atoms with Gasteiger partial charge in [-0.25, -0.2) is 5.10 Å². The van der Waals surface area contributed by atoms with E-state index in [1.807, 2.05) is 0 Å². The Morgan fingerprint density at radius 2 is 1.31 bits per heavy atom. The molecule has 4 nitrogen and oxygen atoms in total. The molecule has 0 amide bonds. The van der Waals surface area contributed by atoms with E-state index in [1.165, 1.54) is 16.7 Å². The zero-order valence-corrected chi connectivity index (χ0v) is 19.1. The first kappa shape index (κ1) is 21.4. The van der Waals surface area contributed by atoms with Crippen LogP contribution in [0.3, 0.4) is 0 Å². The normalized spacial score (nSPS) is 12.2. The van der Waals surface area contributed by atoms with E-state index < -0.39 is 0 Å². The second-order valence-electron chi connectivity index (χ2n) is 6.79. The molecular weight excluding hydrogens is 443 g/mol. The summed E-state index contributed by atoms with van der Waals surface area (Å²) >= 11 is 4.21. The highest BCUT2D eigenvalue weighted by molar-refractivity contribution is 9.09. The number of aromatic amines is 1. The molecule has 2 unspecified atom stereocenters. The number of rotatable bonds is 7. The van der Waals surface area contributed by atoms with Crippen molar-refractivity contribution in [1.82, 2.24) is 20.6 Å². The van der Waals surface area contributed by atoms with Gasteiger partial charge in [0.15, 0.2) is 0 Å². The molecule has 4 aromatic rings. The number of hydrogen-bond acceptors (Lipinski definition) is 3. The molecule has 0 radical (unpaired) electrons. The first-order valence-corrected chi connectivity index (χ1v) is 10.2. The number of nitrogens with one attached hydrogen (secondary N) is 1. The number of halogens is 1. The molecule has 0 aliphatic carbocycles. The highest BCUT2D eigenvalue weighted by atomic mass is 79.9. The number of aryl methyl sites for hydroxylation is 1. The molecule has 0 bridgehead atoms. The van der Waals surface area contributed by atoms with Crippen LogP contribution < -0.4 is 0 Å². The van der Waals surface area contributed by atoms with Crippen LogP contribution in [0.5, 0.6) is 0 Å². The number of hydrogen-bond donors (Lipinski definition) is 1. The Balaban J connectivity index is 0.00000240. The van der Waals surface area contributed by atoms with Crippen molar-refractivity contribution in [3.63, 3.8) is 0 Å². The molecule has 0 aliphatic heterocycles. The molecule has 2 atom stereocenters. The van der Waals surface area contributed by atoms with Crippen LogP contribution in [0.25, 0.3) is 0 Å². The fraction of sp³-hybridized carbons (Fsp3) is 0.174. The minimum absolute atomic E-state index is 0. The first-order chi connectivity index (χ1) is 13.8. The standard InChI is InChI=1S/C23H21BrN4.H3P/c24-23(19-12-6-2-7-13-19,20-14-8-3-9-15-20)21(18-10-4-1-5-11-18)16-17-22-25-27-28-26-22;/h1-15,21H,16-17H2,(H,25,26,27,28);1H3. The van der Waals surface area contributed by atoms with Crippen LogP contribution in [0.1, 0.15) is 34.9 Å². The zero-order valence-electron chi connectivity index (χ0n) is 16.1. The first-order valence-electron chi connectivity index (χ1n) is 9.36. The Labute approximate surface area is 182 Å². The van der Waals surface area contributed by atoms with E-state index >= 15 is 0 Å². The summed E-state index contributed by atoms with van der Waals surface area (Å²) in [6, 6.07) is 31.9. The van der Waals surface area contributed by atoms with E-state index in [4.69, 9.17) is 0 Å². The number of tetrazole rings is 1. The summed E-state index contributed by atoms with van der Waals surface area (Å²) in [6.07, 6.45) is 1.65. The van der Waals surface area contributed by atoms with Gasteiger partial charge < -0.3 is 0 Å². The van der Waals surface area contributed by atoms with Crippen molar-refractivity contribution >= 4 is 25.8 Å². The third kappa shape index (κ3) is 4.63. The predicted molar refractivity (Wildman–Crippen MR) is 125 cm³/mol. The highest BCUT2D eigenvalue weighted by Gasteiger charge is 2.40. The Bertz CT molecular complexity index is 940. The third-order valence-electron chi connectivity index (χ3n) is 5.13. The van der Waals surface area contributed by atoms with Crippen LogP contribution in [0.15, 0.2) is 91.0 Å². The number of H-pyrrole nitrogens is 1. The molecule has 1 aromatic heterocycles. The van der Waals surface area contributed by atoms with Crippen LogP contribution in [0.4, 0.5) is 0 Å². The molecule has 0 saturated carbocycles. The highest BCUT2D eigenvalue weighted by Crippen LogP contribution is 2.51. The lowest BCUT2D eigenvalue weighted by Crippen LogP contribution is -2.29. The van der Waals surface area contributed by atoms with Gasteiger partial charge in [0, 0.05) is 12.3 Å². The van der Waals surface area contributed by atoms with E-state index in [2.05, 4.69) is 128 Å². The Hall–Kier alpha value is -2.36. The molecule has 0 fully saturated rings. The van der Waals surface area contributed by atoms with E-state index in [9.17, 15) is 0 Å². The number of benzene rings is 3. The topological polar surface area (TPSA) is 54.5 Å². The fourth-order valence-corrected chi connectivity index (χ4v) is 4.80. The molecular formula is C23H24BrN4P. The SMILES string of the molecule is BrC(c1ccccc1)(c1ccccc1)C(CCc1nnn[nH]1)c1ccccc1.P. The molecule has 4 rings (SSSR count). The van der Waals surface area contributed by atoms with Gasteiger partial charge in [-0.2, -0.15) is 9.90 Å². The summed E-state index contributed by atoms with van der Waals surface area (Å²) in [5.41, 5.74) is 3.73. The smallest absolute Gasteiger partial charge is 0.148 e. The lowest BCUT2D eigenvalue weighted by Gasteiger charge is -2.37.